The van der Waals surface area contributed by atoms with E-state index in [1.807, 2.05) is 12.1 Å². The first kappa shape index (κ1) is 23.6. The molecule has 0 saturated carbocycles. The number of anilines is 1. The molecule has 0 aliphatic carbocycles. The van der Waals surface area contributed by atoms with Crippen molar-refractivity contribution in [2.75, 3.05) is 25.6 Å². The van der Waals surface area contributed by atoms with Gasteiger partial charge in [-0.1, -0.05) is 12.1 Å². The number of nitrogens with one attached hydrogen (secondary N) is 2. The number of benzene rings is 2. The lowest BCUT2D eigenvalue weighted by atomic mass is 10.1. The summed E-state index contributed by atoms with van der Waals surface area (Å²) in [7, 11) is 1.57. The molecular formula is C21H25N3O7. The van der Waals surface area contributed by atoms with Crippen LogP contribution in [0.4, 0.5) is 11.4 Å². The average Bonchev–Trinajstić information content (AvgIpc) is 2.74. The van der Waals surface area contributed by atoms with Gasteiger partial charge in [0.1, 0.15) is 23.2 Å². The van der Waals surface area contributed by atoms with E-state index in [0.29, 0.717) is 25.3 Å². The zero-order valence-electron chi connectivity index (χ0n) is 17.3. The minimum absolute atomic E-state index is 0.0270. The van der Waals surface area contributed by atoms with E-state index < -0.39 is 22.8 Å². The summed E-state index contributed by atoms with van der Waals surface area (Å²) in [5.74, 6) is -0.821. The van der Waals surface area contributed by atoms with Gasteiger partial charge in [0.2, 0.25) is 5.91 Å². The largest absolute Gasteiger partial charge is 0.497 e. The van der Waals surface area contributed by atoms with Crippen LogP contribution in [0.15, 0.2) is 42.5 Å². The van der Waals surface area contributed by atoms with Crippen LogP contribution >= 0.6 is 0 Å². The van der Waals surface area contributed by atoms with Crippen molar-refractivity contribution in [3.05, 3.63) is 58.1 Å². The summed E-state index contributed by atoms with van der Waals surface area (Å²) in [5, 5.41) is 25.9. The number of carboxylic acid groups (broad SMARTS) is 1. The molecule has 31 heavy (non-hydrogen) atoms. The first-order valence-corrected chi connectivity index (χ1v) is 9.64. The third-order valence-electron chi connectivity index (χ3n) is 4.40. The Bertz CT molecular complexity index is 916. The first-order valence-electron chi connectivity index (χ1n) is 9.64. The number of nitro groups is 1. The summed E-state index contributed by atoms with van der Waals surface area (Å²) in [5.41, 5.74) is 0.617. The second-order valence-electron chi connectivity index (χ2n) is 6.56. The highest BCUT2D eigenvalue weighted by Crippen LogP contribution is 2.29. The Morgan fingerprint density at radius 2 is 1.84 bits per heavy atom. The molecule has 0 radical (unpaired) electrons. The van der Waals surface area contributed by atoms with E-state index in [9.17, 15) is 24.8 Å². The Balaban J connectivity index is 1.95. The zero-order chi connectivity index (χ0) is 22.8. The molecule has 0 aliphatic heterocycles. The Labute approximate surface area is 179 Å². The maximum atomic E-state index is 12.3. The second kappa shape index (κ2) is 11.5. The topological polar surface area (TPSA) is 140 Å². The van der Waals surface area contributed by atoms with Crippen LogP contribution in [0.25, 0.3) is 0 Å². The van der Waals surface area contributed by atoms with Gasteiger partial charge in [-0.05, 0) is 49.7 Å². The molecule has 1 atom stereocenters. The molecule has 10 heteroatoms. The molecule has 1 amide bonds. The van der Waals surface area contributed by atoms with Crippen molar-refractivity contribution in [1.29, 1.82) is 0 Å². The molecule has 2 aromatic carbocycles. The molecular weight excluding hydrogens is 406 g/mol. The number of methoxy groups -OCH3 is 1. The lowest BCUT2D eigenvalue weighted by molar-refractivity contribution is -0.384. The van der Waals surface area contributed by atoms with E-state index in [1.54, 1.807) is 26.2 Å². The molecule has 0 spiro atoms. The van der Waals surface area contributed by atoms with Crippen molar-refractivity contribution in [1.82, 2.24) is 5.32 Å². The molecule has 166 valence electrons. The van der Waals surface area contributed by atoms with Gasteiger partial charge in [-0.25, -0.2) is 0 Å². The highest BCUT2D eigenvalue weighted by molar-refractivity contribution is 5.96. The molecule has 10 nitrogen and oxygen atoms in total. The van der Waals surface area contributed by atoms with E-state index in [0.717, 1.165) is 11.3 Å². The van der Waals surface area contributed by atoms with Gasteiger partial charge in [0.05, 0.1) is 31.1 Å². The van der Waals surface area contributed by atoms with Gasteiger partial charge in [0.25, 0.3) is 5.69 Å². The summed E-state index contributed by atoms with van der Waals surface area (Å²) in [6, 6.07) is 10.3. The summed E-state index contributed by atoms with van der Waals surface area (Å²) in [6.45, 7) is 2.42. The molecule has 2 rings (SSSR count). The molecule has 0 aromatic heterocycles. The lowest BCUT2D eigenvalue weighted by Crippen LogP contribution is -2.40. The number of ether oxygens (including phenoxy) is 2. The molecule has 0 fully saturated rings. The SMILES string of the molecule is CCOc1ccc(NC(=O)C[C@H](NCCc2ccc(OC)cc2)C(=O)O)c([N+](=O)[O-])c1. The van der Waals surface area contributed by atoms with Crippen LogP contribution in [0.5, 0.6) is 11.5 Å². The molecule has 0 aliphatic rings. The molecule has 0 bridgehead atoms. The minimum atomic E-state index is -1.19. The highest BCUT2D eigenvalue weighted by atomic mass is 16.6. The number of carboxylic acids is 1. The monoisotopic (exact) mass is 431 g/mol. The number of carbonyl (C=O) groups excluding carboxylic acids is 1. The number of amides is 1. The summed E-state index contributed by atoms with van der Waals surface area (Å²) in [4.78, 5) is 34.5. The smallest absolute Gasteiger partial charge is 0.321 e. The second-order valence-corrected chi connectivity index (χ2v) is 6.56. The van der Waals surface area contributed by atoms with Crippen molar-refractivity contribution in [3.8, 4) is 11.5 Å². The fraction of sp³-hybridized carbons (Fsp3) is 0.333. The Kier molecular flexibility index (Phi) is 8.77. The predicted molar refractivity (Wildman–Crippen MR) is 114 cm³/mol. The normalized spacial score (nSPS) is 11.4. The molecule has 0 heterocycles. The summed E-state index contributed by atoms with van der Waals surface area (Å²) >= 11 is 0. The van der Waals surface area contributed by atoms with Crippen molar-refractivity contribution in [2.45, 2.75) is 25.8 Å². The molecule has 2 aromatic rings. The van der Waals surface area contributed by atoms with Crippen molar-refractivity contribution >= 4 is 23.3 Å². The van der Waals surface area contributed by atoms with Crippen LogP contribution in [0.3, 0.4) is 0 Å². The Hall–Kier alpha value is -3.66. The quantitative estimate of drug-likeness (QED) is 0.344. The number of rotatable bonds is 12. The fourth-order valence-electron chi connectivity index (χ4n) is 2.84. The standard InChI is InChI=1S/C21H25N3O7/c1-3-31-16-8-9-17(19(12-16)24(28)29)23-20(25)13-18(21(26)27)22-11-10-14-4-6-15(30-2)7-5-14/h4-9,12,18,22H,3,10-11,13H2,1-2H3,(H,23,25)(H,26,27)/t18-/m0/s1. The van der Waals surface area contributed by atoms with E-state index in [-0.39, 0.29) is 17.8 Å². The number of nitrogens with zero attached hydrogens (tertiary/aromatic N) is 1. The summed E-state index contributed by atoms with van der Waals surface area (Å²) in [6.07, 6.45) is 0.169. The predicted octanol–water partition coefficient (Wildman–Crippen LogP) is 2.62. The van der Waals surface area contributed by atoms with Gasteiger partial charge in [-0.2, -0.15) is 0 Å². The van der Waals surface area contributed by atoms with Crippen LogP contribution in [0.2, 0.25) is 0 Å². The van der Waals surface area contributed by atoms with Gasteiger partial charge < -0.3 is 25.2 Å². The van der Waals surface area contributed by atoms with E-state index in [4.69, 9.17) is 9.47 Å². The van der Waals surface area contributed by atoms with Gasteiger partial charge in [0, 0.05) is 0 Å². The molecule has 0 unspecified atom stereocenters. The minimum Gasteiger partial charge on any atom is -0.497 e. The number of nitro benzene ring substituents is 1. The number of aliphatic carboxylic acids is 1. The summed E-state index contributed by atoms with van der Waals surface area (Å²) < 4.78 is 10.3. The third-order valence-corrected chi connectivity index (χ3v) is 4.40. The van der Waals surface area contributed by atoms with Gasteiger partial charge in [-0.3, -0.25) is 19.7 Å². The first-order chi connectivity index (χ1) is 14.8. The highest BCUT2D eigenvalue weighted by Gasteiger charge is 2.23. The van der Waals surface area contributed by atoms with Crippen molar-refractivity contribution < 1.29 is 29.1 Å². The number of carbonyl (C=O) groups is 2. The van der Waals surface area contributed by atoms with Crippen LogP contribution in [0, 0.1) is 10.1 Å². The van der Waals surface area contributed by atoms with E-state index in [2.05, 4.69) is 10.6 Å². The van der Waals surface area contributed by atoms with E-state index >= 15 is 0 Å². The Morgan fingerprint density at radius 3 is 2.42 bits per heavy atom. The molecule has 0 saturated heterocycles. The van der Waals surface area contributed by atoms with Gasteiger partial charge >= 0.3 is 5.97 Å². The third kappa shape index (κ3) is 7.27. The fourth-order valence-corrected chi connectivity index (χ4v) is 2.84. The van der Waals surface area contributed by atoms with Crippen molar-refractivity contribution in [3.63, 3.8) is 0 Å². The van der Waals surface area contributed by atoms with Crippen molar-refractivity contribution in [2.24, 2.45) is 0 Å². The molecule has 3 N–H and O–H groups in total. The maximum absolute atomic E-state index is 12.3. The van der Waals surface area contributed by atoms with Crippen LogP contribution in [-0.2, 0) is 16.0 Å². The lowest BCUT2D eigenvalue weighted by Gasteiger charge is -2.15. The van der Waals surface area contributed by atoms with Crippen LogP contribution in [0.1, 0.15) is 18.9 Å². The average molecular weight is 431 g/mol. The van der Waals surface area contributed by atoms with Crippen LogP contribution in [-0.4, -0.2) is 48.2 Å². The van der Waals surface area contributed by atoms with E-state index in [1.165, 1.54) is 18.2 Å². The Morgan fingerprint density at radius 1 is 1.16 bits per heavy atom. The number of hydrogen-bond donors (Lipinski definition) is 3. The van der Waals surface area contributed by atoms with Gasteiger partial charge in [0.15, 0.2) is 0 Å². The van der Waals surface area contributed by atoms with Gasteiger partial charge in [-0.15, -0.1) is 0 Å². The van der Waals surface area contributed by atoms with Crippen LogP contribution < -0.4 is 20.1 Å². The number of hydrogen-bond acceptors (Lipinski definition) is 7. The maximum Gasteiger partial charge on any atom is 0.321 e. The zero-order valence-corrected chi connectivity index (χ0v) is 17.3.